The van der Waals surface area contributed by atoms with E-state index in [-0.39, 0.29) is 6.29 Å². The molecule has 0 amide bonds. The van der Waals surface area contributed by atoms with Gasteiger partial charge in [-0.1, -0.05) is 51.8 Å². The molecule has 0 fully saturated rings. The fourth-order valence-corrected chi connectivity index (χ4v) is 4.16. The Kier molecular flexibility index (Phi) is 14.5. The van der Waals surface area contributed by atoms with E-state index in [1.165, 1.54) is 24.8 Å². The molecular weight excluding hydrogens is 447 g/mol. The van der Waals surface area contributed by atoms with Gasteiger partial charge in [0.05, 0.1) is 15.5 Å². The van der Waals surface area contributed by atoms with E-state index in [9.17, 15) is 9.18 Å². The zero-order valence-electron chi connectivity index (χ0n) is 19.1. The van der Waals surface area contributed by atoms with Crippen LogP contribution in [0.3, 0.4) is 0 Å². The fourth-order valence-electron chi connectivity index (χ4n) is 2.61. The number of nitrogens with zero attached hydrogens (tertiary/aromatic N) is 1. The first kappa shape index (κ1) is 28.0. The van der Waals surface area contributed by atoms with E-state index in [1.54, 1.807) is 11.8 Å². The van der Waals surface area contributed by atoms with Gasteiger partial charge in [0.2, 0.25) is 0 Å². The van der Waals surface area contributed by atoms with Crippen molar-refractivity contribution in [1.29, 1.82) is 0 Å². The van der Waals surface area contributed by atoms with Crippen LogP contribution in [-0.2, 0) is 4.79 Å². The van der Waals surface area contributed by atoms with Crippen molar-refractivity contribution in [3.8, 4) is 5.75 Å². The van der Waals surface area contributed by atoms with Gasteiger partial charge in [-0.15, -0.1) is 11.8 Å². The lowest BCUT2D eigenvalue weighted by Gasteiger charge is -2.25. The number of nitrogens with one attached hydrogen (secondary N) is 1. The average Bonchev–Trinajstić information content (AvgIpc) is 3.06. The molecule has 0 spiro atoms. The molecule has 8 heteroatoms. The molecular formula is C24H33FN2O3S2. The number of anilines is 2. The van der Waals surface area contributed by atoms with Gasteiger partial charge in [0.1, 0.15) is 12.0 Å². The molecule has 0 radical (unpaired) electrons. The number of hydrogen-bond acceptors (Lipinski definition) is 7. The summed E-state index contributed by atoms with van der Waals surface area (Å²) in [5, 5.41) is 7.00. The summed E-state index contributed by atoms with van der Waals surface area (Å²) in [5.41, 5.74) is 2.19. The summed E-state index contributed by atoms with van der Waals surface area (Å²) in [6, 6.07) is 14.2. The number of carbonyl (C=O) groups excluding carboxylic acids is 1. The Balaban J connectivity index is 0.000000769. The summed E-state index contributed by atoms with van der Waals surface area (Å²) in [6.45, 7) is 8.06. The molecule has 2 aromatic carbocycles. The van der Waals surface area contributed by atoms with Gasteiger partial charge in [0, 0.05) is 25.9 Å². The van der Waals surface area contributed by atoms with Crippen LogP contribution >= 0.6 is 23.7 Å². The van der Waals surface area contributed by atoms with E-state index in [1.807, 2.05) is 31.2 Å². The quantitative estimate of drug-likeness (QED) is 0.157. The summed E-state index contributed by atoms with van der Waals surface area (Å²) < 4.78 is 21.9. The number of aliphatic hydroxyl groups is 1. The third kappa shape index (κ3) is 8.86. The van der Waals surface area contributed by atoms with Crippen LogP contribution in [0, 0.1) is 0 Å². The van der Waals surface area contributed by atoms with Crippen molar-refractivity contribution in [1.82, 2.24) is 4.72 Å². The number of benzene rings is 2. The van der Waals surface area contributed by atoms with Crippen molar-refractivity contribution < 1.29 is 19.0 Å². The lowest BCUT2D eigenvalue weighted by atomic mass is 10.2. The fraction of sp³-hybridized carbons (Fsp3) is 0.375. The van der Waals surface area contributed by atoms with E-state index in [2.05, 4.69) is 41.7 Å². The number of aliphatic hydroxyl groups excluding tert-OH is 1. The van der Waals surface area contributed by atoms with Crippen LogP contribution in [0.15, 0.2) is 64.3 Å². The van der Waals surface area contributed by atoms with Crippen LogP contribution in [-0.4, -0.2) is 37.3 Å². The first-order valence-corrected chi connectivity index (χ1v) is 12.4. The SMILES string of the molecule is CCCC.CCSc1cc2c(cc1O/C=C(\F)C=O)SNCCN2c1ccccc1.CO. The van der Waals surface area contributed by atoms with Gasteiger partial charge in [-0.3, -0.25) is 9.52 Å². The number of rotatable bonds is 7. The maximum Gasteiger partial charge on any atom is 0.197 e. The van der Waals surface area contributed by atoms with Crippen LogP contribution in [0.25, 0.3) is 0 Å². The second-order valence-corrected chi connectivity index (χ2v) is 8.66. The molecule has 3 rings (SSSR count). The van der Waals surface area contributed by atoms with Crippen LogP contribution in [0.2, 0.25) is 0 Å². The molecule has 32 heavy (non-hydrogen) atoms. The van der Waals surface area contributed by atoms with Crippen molar-refractivity contribution in [2.45, 2.75) is 43.4 Å². The highest BCUT2D eigenvalue weighted by Gasteiger charge is 2.20. The minimum Gasteiger partial charge on any atom is -0.461 e. The number of para-hydroxylation sites is 1. The van der Waals surface area contributed by atoms with E-state index >= 15 is 0 Å². The lowest BCUT2D eigenvalue weighted by Crippen LogP contribution is -2.23. The Morgan fingerprint density at radius 3 is 2.50 bits per heavy atom. The molecule has 0 saturated heterocycles. The first-order chi connectivity index (χ1) is 15.6. The largest absolute Gasteiger partial charge is 0.461 e. The zero-order valence-corrected chi connectivity index (χ0v) is 20.8. The van der Waals surface area contributed by atoms with E-state index in [4.69, 9.17) is 9.84 Å². The topological polar surface area (TPSA) is 61.8 Å². The van der Waals surface area contributed by atoms with Gasteiger partial charge in [0.15, 0.2) is 12.1 Å². The van der Waals surface area contributed by atoms with Gasteiger partial charge in [-0.2, -0.15) is 4.39 Å². The van der Waals surface area contributed by atoms with Gasteiger partial charge in [-0.25, -0.2) is 0 Å². The molecule has 0 aromatic heterocycles. The molecule has 2 N–H and O–H groups in total. The van der Waals surface area contributed by atoms with Gasteiger partial charge >= 0.3 is 0 Å². The minimum absolute atomic E-state index is 0.128. The Bertz CT molecular complexity index is 833. The molecule has 176 valence electrons. The van der Waals surface area contributed by atoms with Crippen molar-refractivity contribution in [2.24, 2.45) is 0 Å². The van der Waals surface area contributed by atoms with Crippen molar-refractivity contribution in [2.75, 3.05) is 30.9 Å². The number of halogens is 1. The summed E-state index contributed by atoms with van der Waals surface area (Å²) >= 11 is 3.14. The Morgan fingerprint density at radius 1 is 1.22 bits per heavy atom. The predicted molar refractivity (Wildman–Crippen MR) is 135 cm³/mol. The van der Waals surface area contributed by atoms with Crippen LogP contribution < -0.4 is 14.4 Å². The second-order valence-electron chi connectivity index (χ2n) is 6.42. The van der Waals surface area contributed by atoms with Crippen LogP contribution in [0.5, 0.6) is 5.75 Å². The zero-order chi connectivity index (χ0) is 23.8. The van der Waals surface area contributed by atoms with Crippen LogP contribution in [0.1, 0.15) is 33.6 Å². The van der Waals surface area contributed by atoms with E-state index in [0.29, 0.717) is 5.75 Å². The summed E-state index contributed by atoms with van der Waals surface area (Å²) in [5.74, 6) is 0.451. The summed E-state index contributed by atoms with van der Waals surface area (Å²) in [6.07, 6.45) is 3.61. The smallest absolute Gasteiger partial charge is 0.197 e. The van der Waals surface area contributed by atoms with Crippen molar-refractivity contribution in [3.05, 3.63) is 54.6 Å². The maximum atomic E-state index is 13.2. The highest BCUT2D eigenvalue weighted by molar-refractivity contribution is 7.99. The Labute approximate surface area is 199 Å². The molecule has 0 saturated carbocycles. The first-order valence-electron chi connectivity index (χ1n) is 10.6. The number of allylic oxidation sites excluding steroid dienone is 1. The third-order valence-corrected chi connectivity index (χ3v) is 6.03. The predicted octanol–water partition coefficient (Wildman–Crippen LogP) is 6.35. The molecule has 2 aromatic rings. The third-order valence-electron chi connectivity index (χ3n) is 4.21. The molecule has 1 aliphatic heterocycles. The van der Waals surface area contributed by atoms with Crippen molar-refractivity contribution in [3.63, 3.8) is 0 Å². The Hall–Kier alpha value is -2.00. The number of ether oxygens (including phenoxy) is 1. The van der Waals surface area contributed by atoms with Gasteiger partial charge in [0.25, 0.3) is 0 Å². The normalized spacial score (nSPS) is 12.9. The monoisotopic (exact) mass is 480 g/mol. The Morgan fingerprint density at radius 2 is 1.91 bits per heavy atom. The molecule has 0 bridgehead atoms. The number of carbonyl (C=O) groups is 1. The van der Waals surface area contributed by atoms with E-state index < -0.39 is 5.83 Å². The molecule has 1 heterocycles. The average molecular weight is 481 g/mol. The van der Waals surface area contributed by atoms with E-state index in [0.717, 1.165) is 53.4 Å². The number of unbranched alkanes of at least 4 members (excludes halogenated alkanes) is 1. The number of thioether (sulfide) groups is 1. The molecule has 1 aliphatic rings. The number of aldehydes is 1. The second kappa shape index (κ2) is 16.6. The highest BCUT2D eigenvalue weighted by atomic mass is 32.2. The molecule has 5 nitrogen and oxygen atoms in total. The summed E-state index contributed by atoms with van der Waals surface area (Å²) in [4.78, 5) is 14.6. The minimum atomic E-state index is -0.941. The highest BCUT2D eigenvalue weighted by Crippen LogP contribution is 2.43. The summed E-state index contributed by atoms with van der Waals surface area (Å²) in [7, 11) is 1.00. The standard InChI is InChI=1S/C19H19FN2O2S2.C4H10.CH4O/c1-2-25-19-10-16-18(11-17(19)24-13-14(20)12-23)26-21-8-9-22(16)15-6-4-3-5-7-15;1-3-4-2;1-2/h3-7,10-13,21H,2,8-9H2,1H3;3-4H2,1-2H3;2H,1H3/b14-13-;;. The molecule has 0 aliphatic carbocycles. The van der Waals surface area contributed by atoms with Crippen molar-refractivity contribution >= 4 is 41.4 Å². The number of fused-ring (bicyclic) bond motifs is 1. The van der Waals surface area contributed by atoms with Gasteiger partial charge < -0.3 is 14.7 Å². The lowest BCUT2D eigenvalue weighted by molar-refractivity contribution is -0.106. The number of hydrogen-bond donors (Lipinski definition) is 2. The van der Waals surface area contributed by atoms with Crippen LogP contribution in [0.4, 0.5) is 15.8 Å². The van der Waals surface area contributed by atoms with Gasteiger partial charge in [-0.05, 0) is 42.0 Å². The maximum absolute atomic E-state index is 13.2. The molecule has 0 unspecified atom stereocenters. The molecule has 0 atom stereocenters.